The highest BCUT2D eigenvalue weighted by molar-refractivity contribution is 6.31. The average Bonchev–Trinajstić information content (AvgIpc) is 2.48. The number of hydrogen-bond donors (Lipinski definition) is 0. The Balaban J connectivity index is 2.42. The number of carbonyl (C=O) groups excluding carboxylic acids is 1. The Morgan fingerprint density at radius 2 is 2.20 bits per heavy atom. The van der Waals surface area contributed by atoms with Gasteiger partial charge in [-0.15, -0.1) is 0 Å². The monoisotopic (exact) mass is 286 g/mol. The third-order valence-electron chi connectivity index (χ3n) is 2.80. The maximum Gasteiger partial charge on any atom is 0.189 e. The molecule has 1 heterocycles. The molecule has 0 amide bonds. The summed E-state index contributed by atoms with van der Waals surface area (Å²) in [6.07, 6.45) is 1.55. The van der Waals surface area contributed by atoms with Crippen molar-refractivity contribution in [3.63, 3.8) is 0 Å². The Morgan fingerprint density at radius 3 is 2.80 bits per heavy atom. The number of benzene rings is 1. The summed E-state index contributed by atoms with van der Waals surface area (Å²) < 4.78 is 5.14. The predicted molar refractivity (Wildman–Crippen MR) is 74.9 cm³/mol. The summed E-state index contributed by atoms with van der Waals surface area (Å²) in [5, 5.41) is 9.71. The summed E-state index contributed by atoms with van der Waals surface area (Å²) in [4.78, 5) is 16.5. The van der Waals surface area contributed by atoms with Crippen molar-refractivity contribution < 1.29 is 9.53 Å². The fourth-order valence-electron chi connectivity index (χ4n) is 1.83. The molecule has 0 saturated heterocycles. The van der Waals surface area contributed by atoms with E-state index in [1.807, 2.05) is 6.07 Å². The van der Waals surface area contributed by atoms with Crippen LogP contribution in [0, 0.1) is 11.3 Å². The molecule has 0 bridgehead atoms. The number of ketones is 1. The first-order valence-corrected chi connectivity index (χ1v) is 6.23. The normalized spacial score (nSPS) is 11.4. The SMILES string of the molecule is COc1cc(Cl)ccc1C(=O)C(C#N)c1ccccn1. The molecule has 1 atom stereocenters. The molecule has 0 N–H and O–H groups in total. The van der Waals surface area contributed by atoms with Crippen LogP contribution in [0.2, 0.25) is 5.02 Å². The molecule has 1 aromatic carbocycles. The smallest absolute Gasteiger partial charge is 0.189 e. The van der Waals surface area contributed by atoms with E-state index in [0.717, 1.165) is 0 Å². The minimum atomic E-state index is -0.966. The van der Waals surface area contributed by atoms with Crippen molar-refractivity contribution >= 4 is 17.4 Å². The van der Waals surface area contributed by atoms with Crippen LogP contribution in [0.3, 0.4) is 0 Å². The van der Waals surface area contributed by atoms with E-state index in [0.29, 0.717) is 22.0 Å². The molecule has 5 heteroatoms. The molecule has 0 saturated carbocycles. The van der Waals surface area contributed by atoms with Gasteiger partial charge in [0.1, 0.15) is 5.75 Å². The van der Waals surface area contributed by atoms with Crippen LogP contribution < -0.4 is 4.74 Å². The van der Waals surface area contributed by atoms with Crippen molar-refractivity contribution in [1.29, 1.82) is 5.26 Å². The van der Waals surface area contributed by atoms with Crippen LogP contribution in [-0.4, -0.2) is 17.9 Å². The van der Waals surface area contributed by atoms with Crippen LogP contribution in [0.25, 0.3) is 0 Å². The topological polar surface area (TPSA) is 63.0 Å². The molecule has 2 rings (SSSR count). The highest BCUT2D eigenvalue weighted by Crippen LogP contribution is 2.28. The molecular weight excluding hydrogens is 276 g/mol. The Hall–Kier alpha value is -2.38. The number of ether oxygens (including phenoxy) is 1. The van der Waals surface area contributed by atoms with Gasteiger partial charge in [-0.25, -0.2) is 0 Å². The Bertz CT molecular complexity index is 665. The Kier molecular flexibility index (Phi) is 4.34. The second kappa shape index (κ2) is 6.18. The summed E-state index contributed by atoms with van der Waals surface area (Å²) in [6, 6.07) is 11.8. The van der Waals surface area contributed by atoms with Gasteiger partial charge >= 0.3 is 0 Å². The molecule has 0 spiro atoms. The number of aromatic nitrogens is 1. The van der Waals surface area contributed by atoms with Crippen molar-refractivity contribution in [2.45, 2.75) is 5.92 Å². The van der Waals surface area contributed by atoms with E-state index >= 15 is 0 Å². The largest absolute Gasteiger partial charge is 0.496 e. The van der Waals surface area contributed by atoms with Crippen LogP contribution in [-0.2, 0) is 0 Å². The summed E-state index contributed by atoms with van der Waals surface area (Å²) in [7, 11) is 1.45. The van der Waals surface area contributed by atoms with Gasteiger partial charge < -0.3 is 4.74 Å². The van der Waals surface area contributed by atoms with E-state index in [4.69, 9.17) is 16.3 Å². The summed E-state index contributed by atoms with van der Waals surface area (Å²) in [6.45, 7) is 0. The highest BCUT2D eigenvalue weighted by Gasteiger charge is 2.25. The molecule has 1 unspecified atom stereocenters. The van der Waals surface area contributed by atoms with Crippen LogP contribution in [0.1, 0.15) is 22.0 Å². The standard InChI is InChI=1S/C15H11ClN2O2/c1-20-14-8-10(16)5-6-11(14)15(19)12(9-17)13-4-2-3-7-18-13/h2-8,12H,1H3. The van der Waals surface area contributed by atoms with Crippen LogP contribution >= 0.6 is 11.6 Å². The second-order valence-corrected chi connectivity index (χ2v) is 4.46. The van der Waals surface area contributed by atoms with Crippen LogP contribution in [0.5, 0.6) is 5.75 Å². The number of rotatable bonds is 4. The lowest BCUT2D eigenvalue weighted by Gasteiger charge is -2.11. The molecule has 4 nitrogen and oxygen atoms in total. The molecule has 0 fully saturated rings. The van der Waals surface area contributed by atoms with Crippen molar-refractivity contribution in [1.82, 2.24) is 4.98 Å². The molecule has 0 radical (unpaired) electrons. The van der Waals surface area contributed by atoms with Crippen molar-refractivity contribution in [3.8, 4) is 11.8 Å². The van der Waals surface area contributed by atoms with E-state index in [-0.39, 0.29) is 5.78 Å². The maximum absolute atomic E-state index is 12.5. The average molecular weight is 287 g/mol. The van der Waals surface area contributed by atoms with Gasteiger partial charge in [0.05, 0.1) is 24.4 Å². The van der Waals surface area contributed by atoms with Gasteiger partial charge in [0.15, 0.2) is 11.7 Å². The first kappa shape index (κ1) is 14.0. The highest BCUT2D eigenvalue weighted by atomic mass is 35.5. The zero-order chi connectivity index (χ0) is 14.5. The van der Waals surface area contributed by atoms with Gasteiger partial charge in [0, 0.05) is 11.2 Å². The third-order valence-corrected chi connectivity index (χ3v) is 3.04. The van der Waals surface area contributed by atoms with Crippen LogP contribution in [0.15, 0.2) is 42.6 Å². The van der Waals surface area contributed by atoms with Crippen molar-refractivity contribution in [2.24, 2.45) is 0 Å². The molecule has 0 aliphatic carbocycles. The quantitative estimate of drug-likeness (QED) is 0.810. The lowest BCUT2D eigenvalue weighted by molar-refractivity contribution is 0.0974. The number of nitriles is 1. The van der Waals surface area contributed by atoms with Gasteiger partial charge in [0.25, 0.3) is 0 Å². The van der Waals surface area contributed by atoms with E-state index in [9.17, 15) is 10.1 Å². The molecule has 2 aromatic rings. The maximum atomic E-state index is 12.5. The lowest BCUT2D eigenvalue weighted by atomic mass is 9.95. The predicted octanol–water partition coefficient (Wildman–Crippen LogP) is 3.23. The van der Waals surface area contributed by atoms with Crippen molar-refractivity contribution in [2.75, 3.05) is 7.11 Å². The number of nitrogens with zero attached hydrogens (tertiary/aromatic N) is 2. The number of methoxy groups -OCH3 is 1. The van der Waals surface area contributed by atoms with E-state index in [1.165, 1.54) is 7.11 Å². The first-order valence-electron chi connectivity index (χ1n) is 5.85. The summed E-state index contributed by atoms with van der Waals surface area (Å²) in [5.41, 5.74) is 0.728. The Labute approximate surface area is 121 Å². The zero-order valence-electron chi connectivity index (χ0n) is 10.7. The third kappa shape index (κ3) is 2.79. The fourth-order valence-corrected chi connectivity index (χ4v) is 1.99. The van der Waals surface area contributed by atoms with E-state index < -0.39 is 5.92 Å². The van der Waals surface area contributed by atoms with Crippen molar-refractivity contribution in [3.05, 3.63) is 58.9 Å². The van der Waals surface area contributed by atoms with E-state index in [2.05, 4.69) is 4.98 Å². The first-order chi connectivity index (χ1) is 9.67. The molecule has 0 aliphatic heterocycles. The van der Waals surface area contributed by atoms with Crippen LogP contribution in [0.4, 0.5) is 0 Å². The van der Waals surface area contributed by atoms with Gasteiger partial charge in [-0.05, 0) is 30.3 Å². The minimum Gasteiger partial charge on any atom is -0.496 e. The number of hydrogen-bond acceptors (Lipinski definition) is 4. The molecule has 20 heavy (non-hydrogen) atoms. The molecule has 1 aromatic heterocycles. The summed E-state index contributed by atoms with van der Waals surface area (Å²) in [5.74, 6) is -0.982. The number of halogens is 1. The Morgan fingerprint density at radius 1 is 1.40 bits per heavy atom. The second-order valence-electron chi connectivity index (χ2n) is 4.03. The summed E-state index contributed by atoms with van der Waals surface area (Å²) >= 11 is 5.86. The lowest BCUT2D eigenvalue weighted by Crippen LogP contribution is -2.13. The molecule has 100 valence electrons. The van der Waals surface area contributed by atoms with Gasteiger partial charge in [-0.3, -0.25) is 9.78 Å². The van der Waals surface area contributed by atoms with Gasteiger partial charge in [-0.1, -0.05) is 17.7 Å². The number of Topliss-reactive ketones (excluding diaryl/α,β-unsaturated/α-hetero) is 1. The van der Waals surface area contributed by atoms with Gasteiger partial charge in [-0.2, -0.15) is 5.26 Å². The zero-order valence-corrected chi connectivity index (χ0v) is 11.5. The molecular formula is C15H11ClN2O2. The fraction of sp³-hybridized carbons (Fsp3) is 0.133. The number of carbonyl (C=O) groups is 1. The minimum absolute atomic E-state index is 0.314. The van der Waals surface area contributed by atoms with Gasteiger partial charge in [0.2, 0.25) is 0 Å². The number of pyridine rings is 1. The van der Waals surface area contributed by atoms with E-state index in [1.54, 1.807) is 42.6 Å². The molecule has 0 aliphatic rings.